The van der Waals surface area contributed by atoms with Gasteiger partial charge in [0.15, 0.2) is 5.13 Å². The lowest BCUT2D eigenvalue weighted by molar-refractivity contribution is 0.181. The minimum atomic E-state index is 0.569. The Hall–Kier alpha value is -1.44. The van der Waals surface area contributed by atoms with Crippen molar-refractivity contribution in [1.29, 1.82) is 0 Å². The van der Waals surface area contributed by atoms with Gasteiger partial charge in [0.05, 0.1) is 18.8 Å². The maximum absolute atomic E-state index is 5.27. The molecule has 0 spiro atoms. The van der Waals surface area contributed by atoms with E-state index in [1.807, 2.05) is 12.4 Å². The Bertz CT molecular complexity index is 594. The van der Waals surface area contributed by atoms with Crippen molar-refractivity contribution in [3.8, 4) is 0 Å². The van der Waals surface area contributed by atoms with Crippen LogP contribution < -0.4 is 10.2 Å². The average molecular weight is 307 g/mol. The predicted octanol–water partition coefficient (Wildman–Crippen LogP) is 1.62. The highest BCUT2D eigenvalue weighted by atomic mass is 32.1. The summed E-state index contributed by atoms with van der Waals surface area (Å²) in [6, 6.07) is 0. The number of methoxy groups -OCH3 is 1. The zero-order chi connectivity index (χ0) is 14.7. The van der Waals surface area contributed by atoms with Gasteiger partial charge in [-0.15, -0.1) is 11.3 Å². The van der Waals surface area contributed by atoms with E-state index in [1.54, 1.807) is 18.4 Å². The van der Waals surface area contributed by atoms with Gasteiger partial charge in [-0.05, 0) is 6.54 Å². The first-order valence-electron chi connectivity index (χ1n) is 7.25. The van der Waals surface area contributed by atoms with E-state index < -0.39 is 0 Å². The molecule has 2 aromatic heterocycles. The summed E-state index contributed by atoms with van der Waals surface area (Å²) in [6.07, 6.45) is 3.91. The Morgan fingerprint density at radius 1 is 1.43 bits per heavy atom. The smallest absolute Gasteiger partial charge is 0.186 e. The average Bonchev–Trinajstić information content (AvgIpc) is 3.11. The lowest BCUT2D eigenvalue weighted by atomic mass is 10.3. The number of thiazole rings is 1. The van der Waals surface area contributed by atoms with E-state index in [0.717, 1.165) is 49.4 Å². The zero-order valence-electron chi connectivity index (χ0n) is 12.5. The summed E-state index contributed by atoms with van der Waals surface area (Å²) in [4.78, 5) is 12.8. The fourth-order valence-electron chi connectivity index (χ4n) is 2.47. The first-order valence-corrected chi connectivity index (χ1v) is 8.06. The third-order valence-corrected chi connectivity index (χ3v) is 4.76. The second-order valence-electron chi connectivity index (χ2n) is 5.04. The van der Waals surface area contributed by atoms with E-state index in [0.29, 0.717) is 6.61 Å². The number of ether oxygens (including phenoxy) is 1. The fourth-order valence-corrected chi connectivity index (χ4v) is 3.53. The summed E-state index contributed by atoms with van der Waals surface area (Å²) < 4.78 is 7.48. The van der Waals surface area contributed by atoms with Crippen molar-refractivity contribution < 1.29 is 4.74 Å². The molecule has 0 aromatic carbocycles. The minimum Gasteiger partial charge on any atom is -0.378 e. The Morgan fingerprint density at radius 3 is 3.14 bits per heavy atom. The zero-order valence-corrected chi connectivity index (χ0v) is 13.3. The molecular formula is C14H21N5OS. The second kappa shape index (κ2) is 6.55. The van der Waals surface area contributed by atoms with E-state index in [2.05, 4.69) is 26.7 Å². The number of imidazole rings is 1. The highest BCUT2D eigenvalue weighted by Crippen LogP contribution is 2.29. The van der Waals surface area contributed by atoms with Crippen LogP contribution in [-0.2, 0) is 31.0 Å². The molecule has 3 rings (SSSR count). The Labute approximate surface area is 128 Å². The molecular weight excluding hydrogens is 286 g/mol. The summed E-state index contributed by atoms with van der Waals surface area (Å²) in [5.41, 5.74) is 1.05. The van der Waals surface area contributed by atoms with Crippen LogP contribution in [0.15, 0.2) is 12.4 Å². The van der Waals surface area contributed by atoms with Crippen LogP contribution in [0.3, 0.4) is 0 Å². The number of anilines is 1. The van der Waals surface area contributed by atoms with Gasteiger partial charge in [0.25, 0.3) is 0 Å². The van der Waals surface area contributed by atoms with E-state index in [4.69, 9.17) is 9.72 Å². The quantitative estimate of drug-likeness (QED) is 0.879. The molecule has 7 heteroatoms. The maximum atomic E-state index is 5.27. The molecule has 0 unspecified atom stereocenters. The number of nitrogens with zero attached hydrogens (tertiary/aromatic N) is 4. The van der Waals surface area contributed by atoms with Crippen molar-refractivity contribution in [3.63, 3.8) is 0 Å². The molecule has 0 fully saturated rings. The fraction of sp³-hybridized carbons (Fsp3) is 0.571. The van der Waals surface area contributed by atoms with Crippen molar-refractivity contribution in [2.45, 2.75) is 33.2 Å². The molecule has 2 aromatic rings. The van der Waals surface area contributed by atoms with Gasteiger partial charge in [-0.25, -0.2) is 9.97 Å². The lowest BCUT2D eigenvalue weighted by Gasteiger charge is -2.27. The summed E-state index contributed by atoms with van der Waals surface area (Å²) in [5.74, 6) is 1.11. The van der Waals surface area contributed by atoms with E-state index in [9.17, 15) is 0 Å². The largest absolute Gasteiger partial charge is 0.378 e. The second-order valence-corrected chi connectivity index (χ2v) is 6.10. The first-order chi connectivity index (χ1) is 10.3. The number of hydrogen-bond donors (Lipinski definition) is 1. The van der Waals surface area contributed by atoms with Gasteiger partial charge in [0, 0.05) is 44.0 Å². The van der Waals surface area contributed by atoms with E-state index in [-0.39, 0.29) is 0 Å². The van der Waals surface area contributed by atoms with Crippen LogP contribution in [0.1, 0.15) is 23.3 Å². The monoisotopic (exact) mass is 307 g/mol. The molecule has 0 aliphatic carbocycles. The SMILES string of the molecule is CCNCc1sc(N2CCn3ccnc3C2)nc1COC. The predicted molar refractivity (Wildman–Crippen MR) is 83.5 cm³/mol. The Morgan fingerprint density at radius 2 is 2.33 bits per heavy atom. The minimum absolute atomic E-state index is 0.569. The van der Waals surface area contributed by atoms with Crippen molar-refractivity contribution in [3.05, 3.63) is 28.8 Å². The van der Waals surface area contributed by atoms with Crippen molar-refractivity contribution in [2.75, 3.05) is 25.1 Å². The van der Waals surface area contributed by atoms with Crippen LogP contribution in [-0.4, -0.2) is 34.7 Å². The van der Waals surface area contributed by atoms with Gasteiger partial charge in [-0.3, -0.25) is 0 Å². The molecule has 0 saturated carbocycles. The summed E-state index contributed by atoms with van der Waals surface area (Å²) in [7, 11) is 1.72. The van der Waals surface area contributed by atoms with Crippen LogP contribution in [0.5, 0.6) is 0 Å². The van der Waals surface area contributed by atoms with Crippen LogP contribution in [0.4, 0.5) is 5.13 Å². The van der Waals surface area contributed by atoms with Gasteiger partial charge in [-0.2, -0.15) is 0 Å². The number of rotatable bonds is 6. The molecule has 0 saturated heterocycles. The molecule has 1 aliphatic heterocycles. The molecule has 0 amide bonds. The first kappa shape index (κ1) is 14.5. The molecule has 3 heterocycles. The third-order valence-electron chi connectivity index (χ3n) is 3.60. The Kier molecular flexibility index (Phi) is 4.52. The van der Waals surface area contributed by atoms with Crippen molar-refractivity contribution in [1.82, 2.24) is 19.9 Å². The number of hydrogen-bond acceptors (Lipinski definition) is 6. The number of aromatic nitrogens is 3. The maximum Gasteiger partial charge on any atom is 0.186 e. The van der Waals surface area contributed by atoms with E-state index in [1.165, 1.54) is 4.88 Å². The standard InChI is InChI=1S/C14H21N5OS/c1-3-15-8-12-11(10-20-2)17-14(21-12)19-7-6-18-5-4-16-13(18)9-19/h4-5,15H,3,6-10H2,1-2H3. The molecule has 114 valence electrons. The lowest BCUT2D eigenvalue weighted by Crippen LogP contribution is -2.33. The summed E-state index contributed by atoms with van der Waals surface area (Å²) in [5, 5.41) is 4.44. The number of fused-ring (bicyclic) bond motifs is 1. The molecule has 21 heavy (non-hydrogen) atoms. The van der Waals surface area contributed by atoms with Crippen molar-refractivity contribution >= 4 is 16.5 Å². The summed E-state index contributed by atoms with van der Waals surface area (Å²) >= 11 is 1.76. The molecule has 0 atom stereocenters. The Balaban J connectivity index is 1.79. The molecule has 6 nitrogen and oxygen atoms in total. The van der Waals surface area contributed by atoms with Gasteiger partial charge in [0.1, 0.15) is 5.82 Å². The van der Waals surface area contributed by atoms with Crippen molar-refractivity contribution in [2.24, 2.45) is 0 Å². The third kappa shape index (κ3) is 3.09. The van der Waals surface area contributed by atoms with Gasteiger partial charge in [-0.1, -0.05) is 6.92 Å². The van der Waals surface area contributed by atoms with Gasteiger partial charge >= 0.3 is 0 Å². The molecule has 0 radical (unpaired) electrons. The van der Waals surface area contributed by atoms with Crippen LogP contribution in [0.25, 0.3) is 0 Å². The molecule has 0 bridgehead atoms. The normalized spacial score (nSPS) is 14.5. The highest BCUT2D eigenvalue weighted by molar-refractivity contribution is 7.15. The van der Waals surface area contributed by atoms with Crippen LogP contribution >= 0.6 is 11.3 Å². The summed E-state index contributed by atoms with van der Waals surface area (Å²) in [6.45, 7) is 7.27. The van der Waals surface area contributed by atoms with Crippen LogP contribution in [0, 0.1) is 0 Å². The highest BCUT2D eigenvalue weighted by Gasteiger charge is 2.21. The number of nitrogens with one attached hydrogen (secondary N) is 1. The van der Waals surface area contributed by atoms with Gasteiger partial charge in [0.2, 0.25) is 0 Å². The van der Waals surface area contributed by atoms with E-state index >= 15 is 0 Å². The topological polar surface area (TPSA) is 55.2 Å². The van der Waals surface area contributed by atoms with Gasteiger partial charge < -0.3 is 19.5 Å². The van der Waals surface area contributed by atoms with Crippen LogP contribution in [0.2, 0.25) is 0 Å². The molecule has 1 aliphatic rings. The molecule has 1 N–H and O–H groups in total.